The first-order chi connectivity index (χ1) is 6.33. The SMILES string of the molecule is CSCCC(O)CC1CCCCC1. The molecular weight excluding hydrogens is 180 g/mol. The smallest absolute Gasteiger partial charge is 0.0550 e. The van der Waals surface area contributed by atoms with E-state index in [0.717, 1.165) is 24.5 Å². The summed E-state index contributed by atoms with van der Waals surface area (Å²) >= 11 is 1.83. The summed E-state index contributed by atoms with van der Waals surface area (Å²) in [6.07, 6.45) is 11.0. The van der Waals surface area contributed by atoms with Gasteiger partial charge in [-0.1, -0.05) is 32.1 Å². The highest BCUT2D eigenvalue weighted by Crippen LogP contribution is 2.27. The van der Waals surface area contributed by atoms with Gasteiger partial charge in [-0.25, -0.2) is 0 Å². The minimum absolute atomic E-state index is 0.0319. The molecule has 0 aromatic carbocycles. The maximum absolute atomic E-state index is 9.72. The first-order valence-electron chi connectivity index (χ1n) is 5.50. The molecule has 1 unspecified atom stereocenters. The molecule has 1 fully saturated rings. The van der Waals surface area contributed by atoms with Crippen LogP contribution in [-0.2, 0) is 0 Å². The predicted molar refractivity (Wildman–Crippen MR) is 60.2 cm³/mol. The Bertz CT molecular complexity index is 121. The summed E-state index contributed by atoms with van der Waals surface area (Å²) in [5.41, 5.74) is 0. The van der Waals surface area contributed by atoms with Gasteiger partial charge in [0.15, 0.2) is 0 Å². The topological polar surface area (TPSA) is 20.2 Å². The summed E-state index contributed by atoms with van der Waals surface area (Å²) in [6, 6.07) is 0. The van der Waals surface area contributed by atoms with Crippen molar-refractivity contribution in [2.45, 2.75) is 51.0 Å². The molecule has 1 atom stereocenters. The maximum atomic E-state index is 9.72. The van der Waals surface area contributed by atoms with E-state index in [0.29, 0.717) is 0 Å². The lowest BCUT2D eigenvalue weighted by molar-refractivity contribution is 0.127. The van der Waals surface area contributed by atoms with E-state index in [9.17, 15) is 5.11 Å². The Hall–Kier alpha value is 0.310. The Kier molecular flexibility index (Phi) is 5.88. The molecule has 1 N–H and O–H groups in total. The lowest BCUT2D eigenvalue weighted by Crippen LogP contribution is -2.16. The lowest BCUT2D eigenvalue weighted by atomic mass is 9.85. The average molecular weight is 202 g/mol. The Balaban J connectivity index is 2.07. The summed E-state index contributed by atoms with van der Waals surface area (Å²) in [4.78, 5) is 0. The zero-order chi connectivity index (χ0) is 9.52. The second-order valence-corrected chi connectivity index (χ2v) is 5.16. The number of thioether (sulfide) groups is 1. The molecule has 2 heteroatoms. The van der Waals surface area contributed by atoms with Crippen LogP contribution in [0.25, 0.3) is 0 Å². The molecule has 0 spiro atoms. The van der Waals surface area contributed by atoms with E-state index in [4.69, 9.17) is 0 Å². The van der Waals surface area contributed by atoms with Crippen molar-refractivity contribution in [2.75, 3.05) is 12.0 Å². The first-order valence-corrected chi connectivity index (χ1v) is 6.89. The molecule has 0 saturated heterocycles. The van der Waals surface area contributed by atoms with Gasteiger partial charge in [-0.15, -0.1) is 0 Å². The summed E-state index contributed by atoms with van der Waals surface area (Å²) < 4.78 is 0. The standard InChI is InChI=1S/C11H22OS/c1-13-8-7-11(12)9-10-5-3-2-4-6-10/h10-12H,2-9H2,1H3. The van der Waals surface area contributed by atoms with Gasteiger partial charge in [0.2, 0.25) is 0 Å². The lowest BCUT2D eigenvalue weighted by Gasteiger charge is -2.23. The third kappa shape index (κ3) is 4.92. The van der Waals surface area contributed by atoms with Crippen molar-refractivity contribution in [1.82, 2.24) is 0 Å². The van der Waals surface area contributed by atoms with E-state index < -0.39 is 0 Å². The van der Waals surface area contributed by atoms with Crippen LogP contribution >= 0.6 is 11.8 Å². The summed E-state index contributed by atoms with van der Waals surface area (Å²) in [5, 5.41) is 9.72. The fourth-order valence-corrected chi connectivity index (χ4v) is 2.69. The second kappa shape index (κ2) is 6.72. The van der Waals surface area contributed by atoms with Crippen molar-refractivity contribution in [3.63, 3.8) is 0 Å². The van der Waals surface area contributed by atoms with Gasteiger partial charge in [0.05, 0.1) is 6.10 Å². The minimum atomic E-state index is -0.0319. The Morgan fingerprint density at radius 2 is 2.00 bits per heavy atom. The highest BCUT2D eigenvalue weighted by Gasteiger charge is 2.16. The molecule has 0 aromatic heterocycles. The van der Waals surface area contributed by atoms with Crippen LogP contribution in [0, 0.1) is 5.92 Å². The van der Waals surface area contributed by atoms with Crippen LogP contribution in [0.2, 0.25) is 0 Å². The van der Waals surface area contributed by atoms with Crippen LogP contribution in [0.1, 0.15) is 44.9 Å². The summed E-state index contributed by atoms with van der Waals surface area (Å²) in [7, 11) is 0. The highest BCUT2D eigenvalue weighted by atomic mass is 32.2. The molecule has 1 aliphatic carbocycles. The third-order valence-corrected chi connectivity index (χ3v) is 3.63. The van der Waals surface area contributed by atoms with Crippen molar-refractivity contribution < 1.29 is 5.11 Å². The van der Waals surface area contributed by atoms with Crippen LogP contribution in [0.5, 0.6) is 0 Å². The van der Waals surface area contributed by atoms with Crippen molar-refractivity contribution >= 4 is 11.8 Å². The molecule has 1 saturated carbocycles. The number of hydrogen-bond acceptors (Lipinski definition) is 2. The molecule has 0 aromatic rings. The number of rotatable bonds is 5. The molecule has 78 valence electrons. The fourth-order valence-electron chi connectivity index (χ4n) is 2.18. The molecule has 1 rings (SSSR count). The van der Waals surface area contributed by atoms with Gasteiger partial charge in [-0.05, 0) is 30.8 Å². The molecule has 0 amide bonds. The molecule has 0 radical (unpaired) electrons. The number of hydrogen-bond donors (Lipinski definition) is 1. The van der Waals surface area contributed by atoms with Gasteiger partial charge in [0.25, 0.3) is 0 Å². The van der Waals surface area contributed by atoms with E-state index in [1.807, 2.05) is 11.8 Å². The predicted octanol–water partition coefficient (Wildman–Crippen LogP) is 3.07. The summed E-state index contributed by atoms with van der Waals surface area (Å²) in [6.45, 7) is 0. The van der Waals surface area contributed by atoms with Crippen molar-refractivity contribution in [1.29, 1.82) is 0 Å². The van der Waals surface area contributed by atoms with Crippen molar-refractivity contribution in [3.05, 3.63) is 0 Å². The molecular formula is C11H22OS. The Labute approximate surface area is 86.3 Å². The number of aliphatic hydroxyl groups excluding tert-OH is 1. The normalized spacial score (nSPS) is 21.7. The Morgan fingerprint density at radius 3 is 2.62 bits per heavy atom. The maximum Gasteiger partial charge on any atom is 0.0550 e. The van der Waals surface area contributed by atoms with E-state index in [1.165, 1.54) is 32.1 Å². The quantitative estimate of drug-likeness (QED) is 0.739. The van der Waals surface area contributed by atoms with Crippen molar-refractivity contribution in [3.8, 4) is 0 Å². The van der Waals surface area contributed by atoms with Crippen LogP contribution in [0.3, 0.4) is 0 Å². The molecule has 0 bridgehead atoms. The van der Waals surface area contributed by atoms with E-state index >= 15 is 0 Å². The fraction of sp³-hybridized carbons (Fsp3) is 1.00. The van der Waals surface area contributed by atoms with Gasteiger partial charge in [0.1, 0.15) is 0 Å². The van der Waals surface area contributed by atoms with Crippen LogP contribution in [0.15, 0.2) is 0 Å². The second-order valence-electron chi connectivity index (χ2n) is 4.18. The van der Waals surface area contributed by atoms with Crippen LogP contribution in [-0.4, -0.2) is 23.2 Å². The van der Waals surface area contributed by atoms with Crippen molar-refractivity contribution in [2.24, 2.45) is 5.92 Å². The van der Waals surface area contributed by atoms with Gasteiger partial charge in [-0.3, -0.25) is 0 Å². The van der Waals surface area contributed by atoms with E-state index in [2.05, 4.69) is 6.26 Å². The van der Waals surface area contributed by atoms with Crippen LogP contribution in [0.4, 0.5) is 0 Å². The molecule has 0 aliphatic heterocycles. The molecule has 1 aliphatic rings. The van der Waals surface area contributed by atoms with Gasteiger partial charge < -0.3 is 5.11 Å². The monoisotopic (exact) mass is 202 g/mol. The first kappa shape index (κ1) is 11.4. The van der Waals surface area contributed by atoms with Gasteiger partial charge in [0, 0.05) is 0 Å². The van der Waals surface area contributed by atoms with Crippen LogP contribution < -0.4 is 0 Å². The Morgan fingerprint density at radius 1 is 1.31 bits per heavy atom. The highest BCUT2D eigenvalue weighted by molar-refractivity contribution is 7.98. The zero-order valence-electron chi connectivity index (χ0n) is 8.67. The molecule has 1 nitrogen and oxygen atoms in total. The number of aliphatic hydroxyl groups is 1. The van der Waals surface area contributed by atoms with Gasteiger partial charge >= 0.3 is 0 Å². The van der Waals surface area contributed by atoms with Gasteiger partial charge in [-0.2, -0.15) is 11.8 Å². The zero-order valence-corrected chi connectivity index (χ0v) is 9.48. The minimum Gasteiger partial charge on any atom is -0.393 e. The third-order valence-electron chi connectivity index (χ3n) is 2.99. The largest absolute Gasteiger partial charge is 0.393 e. The molecule has 13 heavy (non-hydrogen) atoms. The molecule has 0 heterocycles. The van der Waals surface area contributed by atoms with E-state index in [-0.39, 0.29) is 6.10 Å². The summed E-state index contributed by atoms with van der Waals surface area (Å²) in [5.74, 6) is 1.93. The van der Waals surface area contributed by atoms with E-state index in [1.54, 1.807) is 0 Å². The average Bonchev–Trinajstić information content (AvgIpc) is 2.16.